The molecular weight excluding hydrogens is 291 g/mol. The van der Waals surface area contributed by atoms with Crippen LogP contribution in [0, 0.1) is 0 Å². The normalized spacial score (nSPS) is 11.0. The molecule has 0 heterocycles. The van der Waals surface area contributed by atoms with Crippen LogP contribution in [0.4, 0.5) is 0 Å². The van der Waals surface area contributed by atoms with Crippen LogP contribution >= 0.6 is 23.2 Å². The third kappa shape index (κ3) is 4.22. The van der Waals surface area contributed by atoms with Crippen LogP contribution in [-0.4, -0.2) is 18.0 Å². The standard InChI is InChI=1S/C16H18Cl2N2/c17-15-8-4-7-14(16(15)18)12-20(10-9-19)11-13-5-2-1-3-6-13/h1-8H,9-12,19H2. The molecule has 0 bridgehead atoms. The molecule has 20 heavy (non-hydrogen) atoms. The molecule has 0 atom stereocenters. The van der Waals surface area contributed by atoms with Crippen molar-refractivity contribution < 1.29 is 0 Å². The molecule has 2 aromatic rings. The van der Waals surface area contributed by atoms with E-state index in [9.17, 15) is 0 Å². The van der Waals surface area contributed by atoms with Gasteiger partial charge in [-0.05, 0) is 17.2 Å². The van der Waals surface area contributed by atoms with E-state index in [4.69, 9.17) is 28.9 Å². The van der Waals surface area contributed by atoms with Crippen LogP contribution in [0.25, 0.3) is 0 Å². The molecule has 0 amide bonds. The summed E-state index contributed by atoms with van der Waals surface area (Å²) < 4.78 is 0. The van der Waals surface area contributed by atoms with Crippen LogP contribution in [0.5, 0.6) is 0 Å². The molecule has 2 N–H and O–H groups in total. The average molecular weight is 309 g/mol. The minimum atomic E-state index is 0.594. The van der Waals surface area contributed by atoms with Crippen LogP contribution in [0.15, 0.2) is 48.5 Å². The lowest BCUT2D eigenvalue weighted by Gasteiger charge is -2.22. The number of benzene rings is 2. The molecule has 4 heteroatoms. The van der Waals surface area contributed by atoms with E-state index in [-0.39, 0.29) is 0 Å². The quantitative estimate of drug-likeness (QED) is 0.875. The third-order valence-corrected chi connectivity index (χ3v) is 3.98. The van der Waals surface area contributed by atoms with E-state index in [0.29, 0.717) is 16.6 Å². The second kappa shape index (κ2) is 7.65. The number of nitrogens with two attached hydrogens (primary N) is 1. The van der Waals surface area contributed by atoms with Crippen molar-refractivity contribution in [3.8, 4) is 0 Å². The summed E-state index contributed by atoms with van der Waals surface area (Å²) in [6.07, 6.45) is 0. The van der Waals surface area contributed by atoms with E-state index in [2.05, 4.69) is 17.0 Å². The molecule has 2 aromatic carbocycles. The van der Waals surface area contributed by atoms with Crippen molar-refractivity contribution in [3.63, 3.8) is 0 Å². The summed E-state index contributed by atoms with van der Waals surface area (Å²) in [6.45, 7) is 3.02. The highest BCUT2D eigenvalue weighted by Gasteiger charge is 2.10. The Hall–Kier alpha value is -1.06. The van der Waals surface area contributed by atoms with Crippen LogP contribution < -0.4 is 5.73 Å². The third-order valence-electron chi connectivity index (χ3n) is 3.12. The summed E-state index contributed by atoms with van der Waals surface area (Å²) >= 11 is 12.3. The molecule has 0 aliphatic heterocycles. The molecule has 0 aliphatic rings. The molecule has 0 fully saturated rings. The number of nitrogens with zero attached hydrogens (tertiary/aromatic N) is 1. The zero-order valence-corrected chi connectivity index (χ0v) is 12.7. The van der Waals surface area contributed by atoms with Crippen molar-refractivity contribution in [3.05, 3.63) is 69.7 Å². The van der Waals surface area contributed by atoms with Gasteiger partial charge in [0, 0.05) is 26.2 Å². The maximum atomic E-state index is 6.25. The first kappa shape index (κ1) is 15.3. The zero-order valence-electron chi connectivity index (χ0n) is 11.2. The molecule has 2 nitrogen and oxygen atoms in total. The Morgan fingerprint density at radius 2 is 1.65 bits per heavy atom. The Kier molecular flexibility index (Phi) is 5.86. The molecule has 0 radical (unpaired) electrons. The van der Waals surface area contributed by atoms with Gasteiger partial charge in [0.1, 0.15) is 0 Å². The first-order chi connectivity index (χ1) is 9.70. The summed E-state index contributed by atoms with van der Waals surface area (Å²) in [5, 5.41) is 1.22. The second-order valence-electron chi connectivity index (χ2n) is 4.70. The Balaban J connectivity index is 2.11. The molecule has 106 valence electrons. The predicted octanol–water partition coefficient (Wildman–Crippen LogP) is 3.95. The SMILES string of the molecule is NCCN(Cc1ccccc1)Cc1cccc(Cl)c1Cl. The molecule has 0 unspecified atom stereocenters. The number of halogens is 2. The Labute approximate surface area is 130 Å². The number of hydrogen-bond acceptors (Lipinski definition) is 2. The van der Waals surface area contributed by atoms with E-state index in [1.54, 1.807) is 6.07 Å². The predicted molar refractivity (Wildman–Crippen MR) is 86.1 cm³/mol. The van der Waals surface area contributed by atoms with Crippen molar-refractivity contribution in [2.24, 2.45) is 5.73 Å². The van der Waals surface area contributed by atoms with Crippen LogP contribution in [0.1, 0.15) is 11.1 Å². The van der Waals surface area contributed by atoms with Gasteiger partial charge in [-0.15, -0.1) is 0 Å². The van der Waals surface area contributed by atoms with E-state index >= 15 is 0 Å². The second-order valence-corrected chi connectivity index (χ2v) is 5.48. The van der Waals surface area contributed by atoms with Gasteiger partial charge in [-0.2, -0.15) is 0 Å². The average Bonchev–Trinajstić information content (AvgIpc) is 2.45. The van der Waals surface area contributed by atoms with Crippen LogP contribution in [0.3, 0.4) is 0 Å². The molecule has 0 saturated carbocycles. The maximum Gasteiger partial charge on any atom is 0.0637 e. The zero-order chi connectivity index (χ0) is 14.4. The van der Waals surface area contributed by atoms with Crippen molar-refractivity contribution >= 4 is 23.2 Å². The lowest BCUT2D eigenvalue weighted by Crippen LogP contribution is -2.28. The van der Waals surface area contributed by atoms with Gasteiger partial charge in [0.2, 0.25) is 0 Å². The van der Waals surface area contributed by atoms with Gasteiger partial charge in [-0.25, -0.2) is 0 Å². The van der Waals surface area contributed by atoms with Crippen molar-refractivity contribution in [2.45, 2.75) is 13.1 Å². The van der Waals surface area contributed by atoms with E-state index < -0.39 is 0 Å². The fourth-order valence-electron chi connectivity index (χ4n) is 2.15. The first-order valence-electron chi connectivity index (χ1n) is 6.60. The van der Waals surface area contributed by atoms with Crippen LogP contribution in [0.2, 0.25) is 10.0 Å². The van der Waals surface area contributed by atoms with Crippen LogP contribution in [-0.2, 0) is 13.1 Å². The fraction of sp³-hybridized carbons (Fsp3) is 0.250. The Morgan fingerprint density at radius 1 is 0.900 bits per heavy atom. The maximum absolute atomic E-state index is 6.25. The number of rotatable bonds is 6. The summed E-state index contributed by atoms with van der Waals surface area (Å²) in [5.41, 5.74) is 8.00. The monoisotopic (exact) mass is 308 g/mol. The minimum absolute atomic E-state index is 0.594. The molecule has 2 rings (SSSR count). The van der Waals surface area contributed by atoms with Gasteiger partial charge in [0.25, 0.3) is 0 Å². The van der Waals surface area contributed by atoms with Gasteiger partial charge >= 0.3 is 0 Å². The van der Waals surface area contributed by atoms with Gasteiger partial charge in [0.15, 0.2) is 0 Å². The molecular formula is C16H18Cl2N2. The summed E-state index contributed by atoms with van der Waals surface area (Å²) in [4.78, 5) is 2.27. The lowest BCUT2D eigenvalue weighted by molar-refractivity contribution is 0.264. The molecule has 0 aliphatic carbocycles. The first-order valence-corrected chi connectivity index (χ1v) is 7.35. The Morgan fingerprint density at radius 3 is 2.35 bits per heavy atom. The summed E-state index contributed by atoms with van der Waals surface area (Å²) in [6, 6.07) is 16.1. The molecule has 0 aromatic heterocycles. The van der Waals surface area contributed by atoms with E-state index in [1.807, 2.05) is 30.3 Å². The lowest BCUT2D eigenvalue weighted by atomic mass is 10.1. The highest BCUT2D eigenvalue weighted by Crippen LogP contribution is 2.26. The summed E-state index contributed by atoms with van der Waals surface area (Å²) in [5.74, 6) is 0. The summed E-state index contributed by atoms with van der Waals surface area (Å²) in [7, 11) is 0. The van der Waals surface area contributed by atoms with E-state index in [0.717, 1.165) is 25.2 Å². The molecule has 0 saturated heterocycles. The Bertz CT molecular complexity index is 543. The number of hydrogen-bond donors (Lipinski definition) is 1. The van der Waals surface area contributed by atoms with Gasteiger partial charge in [-0.3, -0.25) is 4.90 Å². The largest absolute Gasteiger partial charge is 0.329 e. The highest BCUT2D eigenvalue weighted by molar-refractivity contribution is 6.42. The van der Waals surface area contributed by atoms with Crippen molar-refractivity contribution in [2.75, 3.05) is 13.1 Å². The molecule has 0 spiro atoms. The smallest absolute Gasteiger partial charge is 0.0637 e. The van der Waals surface area contributed by atoms with Crippen molar-refractivity contribution in [1.29, 1.82) is 0 Å². The minimum Gasteiger partial charge on any atom is -0.329 e. The van der Waals surface area contributed by atoms with E-state index in [1.165, 1.54) is 5.56 Å². The van der Waals surface area contributed by atoms with Gasteiger partial charge < -0.3 is 5.73 Å². The topological polar surface area (TPSA) is 29.3 Å². The highest BCUT2D eigenvalue weighted by atomic mass is 35.5. The van der Waals surface area contributed by atoms with Crippen molar-refractivity contribution in [1.82, 2.24) is 4.90 Å². The van der Waals surface area contributed by atoms with Gasteiger partial charge in [0.05, 0.1) is 10.0 Å². The van der Waals surface area contributed by atoms with Gasteiger partial charge in [-0.1, -0.05) is 65.7 Å². The fourth-order valence-corrected chi connectivity index (χ4v) is 2.53.